The number of aromatic nitrogens is 6. The second-order valence-electron chi connectivity index (χ2n) is 8.11. The number of aromatic amines is 4. The molecule has 0 unspecified atom stereocenters. The topological polar surface area (TPSA) is 175 Å². The van der Waals surface area contributed by atoms with E-state index in [2.05, 4.69) is 0 Å². The second kappa shape index (κ2) is 8.65. The number of nitrogens with zero attached hydrogens (tertiary/aromatic N) is 2. The molecule has 0 fully saturated rings. The van der Waals surface area contributed by atoms with Crippen LogP contribution in [0, 0.1) is 0 Å². The van der Waals surface area contributed by atoms with Crippen molar-refractivity contribution in [1.29, 1.82) is 0 Å². The Morgan fingerprint density at radius 3 is 1.19 bits per heavy atom. The van der Waals surface area contributed by atoms with Crippen LogP contribution in [-0.2, 0) is 13.1 Å². The van der Waals surface area contributed by atoms with Crippen LogP contribution in [0.5, 0.6) is 0 Å². The van der Waals surface area contributed by atoms with Crippen molar-refractivity contribution >= 4 is 0 Å². The molecule has 1 aromatic carbocycles. The molecule has 12 nitrogen and oxygen atoms in total. The molecular formula is C20H24N6O6. The highest BCUT2D eigenvalue weighted by Crippen LogP contribution is 2.29. The molecule has 0 radical (unpaired) electrons. The van der Waals surface area contributed by atoms with Crippen molar-refractivity contribution in [2.24, 2.45) is 0 Å². The average molecular weight is 444 g/mol. The highest BCUT2D eigenvalue weighted by Gasteiger charge is 2.18. The maximum Gasteiger partial charge on any atom is 0.333 e. The van der Waals surface area contributed by atoms with Crippen molar-refractivity contribution in [3.63, 3.8) is 0 Å². The van der Waals surface area contributed by atoms with Gasteiger partial charge in [0.15, 0.2) is 0 Å². The van der Waals surface area contributed by atoms with E-state index in [1.807, 2.05) is 53.7 Å². The van der Waals surface area contributed by atoms with Gasteiger partial charge >= 0.3 is 34.1 Å². The first kappa shape index (κ1) is 22.7. The Hall–Kier alpha value is -3.96. The lowest BCUT2D eigenvalue weighted by atomic mass is 9.87. The Labute approximate surface area is 179 Å². The summed E-state index contributed by atoms with van der Waals surface area (Å²) in [6.07, 6.45) is 0. The quantitative estimate of drug-likeness (QED) is 0.383. The first-order valence-corrected chi connectivity index (χ1v) is 10.0. The second-order valence-corrected chi connectivity index (χ2v) is 8.11. The largest absolute Gasteiger partial charge is 0.333 e. The number of nitrogens with one attached hydrogen (secondary N) is 4. The van der Waals surface area contributed by atoms with E-state index in [4.69, 9.17) is 0 Å². The van der Waals surface area contributed by atoms with Crippen LogP contribution >= 0.6 is 0 Å². The van der Waals surface area contributed by atoms with E-state index in [9.17, 15) is 28.8 Å². The van der Waals surface area contributed by atoms with Gasteiger partial charge in [0.05, 0.1) is 13.1 Å². The first-order chi connectivity index (χ1) is 15.0. The monoisotopic (exact) mass is 444 g/mol. The van der Waals surface area contributed by atoms with Crippen molar-refractivity contribution < 1.29 is 0 Å². The molecule has 2 heterocycles. The molecule has 0 aliphatic heterocycles. The van der Waals surface area contributed by atoms with Crippen LogP contribution in [0.15, 0.2) is 40.9 Å². The highest BCUT2D eigenvalue weighted by atomic mass is 16.2. The smallest absolute Gasteiger partial charge is 0.259 e. The number of hydrogen-bond donors (Lipinski definition) is 4. The van der Waals surface area contributed by atoms with E-state index in [1.54, 1.807) is 6.07 Å². The highest BCUT2D eigenvalue weighted by molar-refractivity contribution is 5.42. The minimum absolute atomic E-state index is 0.0355. The number of hydrogen-bond acceptors (Lipinski definition) is 6. The van der Waals surface area contributed by atoms with Crippen LogP contribution in [-0.4, -0.2) is 29.1 Å². The van der Waals surface area contributed by atoms with E-state index in [0.29, 0.717) is 11.1 Å². The molecule has 0 atom stereocenters. The molecule has 3 rings (SSSR count). The zero-order valence-electron chi connectivity index (χ0n) is 18.1. The van der Waals surface area contributed by atoms with Gasteiger partial charge in [-0.05, 0) is 34.1 Å². The van der Waals surface area contributed by atoms with Gasteiger partial charge in [0.1, 0.15) is 0 Å². The molecule has 32 heavy (non-hydrogen) atoms. The fourth-order valence-corrected chi connectivity index (χ4v) is 3.61. The summed E-state index contributed by atoms with van der Waals surface area (Å²) >= 11 is 0. The van der Waals surface area contributed by atoms with Gasteiger partial charge in [-0.3, -0.25) is 19.9 Å². The molecule has 0 saturated heterocycles. The van der Waals surface area contributed by atoms with Crippen LogP contribution in [0.1, 0.15) is 61.8 Å². The number of benzene rings is 1. The Kier molecular flexibility index (Phi) is 6.14. The Bertz CT molecular complexity index is 1330. The molecule has 0 bridgehead atoms. The van der Waals surface area contributed by atoms with Crippen LogP contribution in [0.25, 0.3) is 0 Å². The van der Waals surface area contributed by atoms with Gasteiger partial charge in [0.2, 0.25) is 0 Å². The summed E-state index contributed by atoms with van der Waals surface area (Å²) in [5.41, 5.74) is -2.21. The van der Waals surface area contributed by atoms with Crippen molar-refractivity contribution in [1.82, 2.24) is 29.1 Å². The maximum absolute atomic E-state index is 12.2. The zero-order valence-corrected chi connectivity index (χ0v) is 18.1. The molecule has 0 aliphatic rings. The molecule has 0 spiro atoms. The molecule has 4 N–H and O–H groups in total. The Morgan fingerprint density at radius 2 is 0.906 bits per heavy atom. The summed E-state index contributed by atoms with van der Waals surface area (Å²) in [6, 6.07) is 3.66. The van der Waals surface area contributed by atoms with Gasteiger partial charge in [-0.2, -0.15) is 0 Å². The Morgan fingerprint density at radius 1 is 0.594 bits per heavy atom. The summed E-state index contributed by atoms with van der Waals surface area (Å²) in [5.74, 6) is 0.0709. The lowest BCUT2D eigenvalue weighted by Gasteiger charge is -2.21. The first-order valence-electron chi connectivity index (χ1n) is 10.0. The third kappa shape index (κ3) is 4.53. The zero-order chi connectivity index (χ0) is 23.7. The summed E-state index contributed by atoms with van der Waals surface area (Å²) < 4.78 is 1.72. The number of H-pyrrole nitrogens is 4. The fraction of sp³-hybridized carbons (Fsp3) is 0.400. The van der Waals surface area contributed by atoms with Crippen molar-refractivity contribution in [3.8, 4) is 0 Å². The van der Waals surface area contributed by atoms with Gasteiger partial charge in [0, 0.05) is 0 Å². The molecular weight excluding hydrogens is 420 g/mol. The molecule has 0 amide bonds. The van der Waals surface area contributed by atoms with Crippen LogP contribution in [0.3, 0.4) is 0 Å². The third-order valence-corrected chi connectivity index (χ3v) is 5.16. The molecule has 2 aromatic heterocycles. The normalized spacial score (nSPS) is 11.4. The van der Waals surface area contributed by atoms with Crippen LogP contribution < -0.4 is 34.1 Å². The molecule has 12 heteroatoms. The van der Waals surface area contributed by atoms with Crippen LogP contribution in [0.2, 0.25) is 0 Å². The van der Waals surface area contributed by atoms with E-state index in [0.717, 1.165) is 20.3 Å². The average Bonchev–Trinajstić information content (AvgIpc) is 2.66. The predicted molar refractivity (Wildman–Crippen MR) is 117 cm³/mol. The SMILES string of the molecule is CC(C)c1cc(C(C)C)c(Cn2c(=O)[nH]c(=O)[nH]c2=O)cc1Cn1c(=O)[nH]c(=O)[nH]c1=O. The van der Waals surface area contributed by atoms with Gasteiger partial charge < -0.3 is 0 Å². The van der Waals surface area contributed by atoms with Crippen molar-refractivity contribution in [3.05, 3.63) is 97.3 Å². The minimum atomic E-state index is -0.896. The van der Waals surface area contributed by atoms with E-state index < -0.39 is 34.1 Å². The van der Waals surface area contributed by atoms with Gasteiger partial charge in [-0.25, -0.2) is 37.9 Å². The number of rotatable bonds is 6. The summed E-state index contributed by atoms with van der Waals surface area (Å²) in [7, 11) is 0. The fourth-order valence-electron chi connectivity index (χ4n) is 3.61. The lowest BCUT2D eigenvalue weighted by Crippen LogP contribution is -2.44. The standard InChI is InChI=1S/C20H24N6O6/c1-9(2)13-6-14(10(3)4)12(8-26-19(31)23-16(28)24-20(26)32)5-11(13)7-25-17(29)21-15(27)22-18(25)30/h5-6,9-10H,7-8H2,1-4H3,(H2,21,22,27,29,30)(H2,23,24,28,31,32). The minimum Gasteiger partial charge on any atom is -0.259 e. The van der Waals surface area contributed by atoms with E-state index >= 15 is 0 Å². The molecule has 0 aliphatic carbocycles. The van der Waals surface area contributed by atoms with Gasteiger partial charge in [-0.1, -0.05) is 39.8 Å². The van der Waals surface area contributed by atoms with Crippen LogP contribution in [0.4, 0.5) is 0 Å². The third-order valence-electron chi connectivity index (χ3n) is 5.16. The molecule has 3 aromatic rings. The molecule has 170 valence electrons. The summed E-state index contributed by atoms with van der Waals surface area (Å²) in [6.45, 7) is 7.58. The lowest BCUT2D eigenvalue weighted by molar-refractivity contribution is 0.631. The maximum atomic E-state index is 12.2. The Balaban J connectivity index is 2.23. The van der Waals surface area contributed by atoms with Gasteiger partial charge in [0.25, 0.3) is 0 Å². The summed E-state index contributed by atoms with van der Waals surface area (Å²) in [5, 5.41) is 0. The van der Waals surface area contributed by atoms with E-state index in [1.165, 1.54) is 0 Å². The summed E-state index contributed by atoms with van der Waals surface area (Å²) in [4.78, 5) is 79.5. The van der Waals surface area contributed by atoms with Gasteiger partial charge in [-0.15, -0.1) is 0 Å². The predicted octanol–water partition coefficient (Wildman–Crippen LogP) is -0.893. The van der Waals surface area contributed by atoms with Crippen molar-refractivity contribution in [2.75, 3.05) is 0 Å². The van der Waals surface area contributed by atoms with E-state index in [-0.39, 0.29) is 24.9 Å². The molecule has 0 saturated carbocycles. The van der Waals surface area contributed by atoms with Crippen molar-refractivity contribution in [2.45, 2.75) is 52.6 Å².